The number of aromatic nitrogens is 1. The first-order chi connectivity index (χ1) is 28.4. The summed E-state index contributed by atoms with van der Waals surface area (Å²) in [7, 11) is 1.50. The molecule has 314 valence electrons. The molecule has 1 saturated carbocycles. The van der Waals surface area contributed by atoms with Gasteiger partial charge in [-0.25, -0.2) is 10.3 Å². The van der Waals surface area contributed by atoms with Crippen molar-refractivity contribution in [2.75, 3.05) is 26.8 Å². The van der Waals surface area contributed by atoms with Gasteiger partial charge in [0.05, 0.1) is 6.54 Å². The van der Waals surface area contributed by atoms with Crippen LogP contribution in [0.3, 0.4) is 0 Å². The lowest BCUT2D eigenvalue weighted by Gasteiger charge is -2.27. The molecule has 3 aromatic rings. The lowest BCUT2D eigenvalue weighted by molar-refractivity contribution is -0.153. The van der Waals surface area contributed by atoms with Gasteiger partial charge in [0.25, 0.3) is 5.91 Å². The van der Waals surface area contributed by atoms with E-state index in [-0.39, 0.29) is 24.5 Å². The van der Waals surface area contributed by atoms with E-state index in [2.05, 4.69) is 33.3 Å². The quantitative estimate of drug-likeness (QED) is 0.0470. The van der Waals surface area contributed by atoms with Gasteiger partial charge in [-0.05, 0) is 118 Å². The van der Waals surface area contributed by atoms with Crippen molar-refractivity contribution in [3.05, 3.63) is 94.9 Å². The summed E-state index contributed by atoms with van der Waals surface area (Å²) in [6, 6.07) is 13.9. The molecule has 0 bridgehead atoms. The van der Waals surface area contributed by atoms with Gasteiger partial charge in [0.2, 0.25) is 11.8 Å². The SMILES string of the molecule is CC.CN.O=C(CCCCCCC(=O)N1CCc2c([nH]c3ccc(OCC(=O)N[C@H](C(=O)OC4CCCC4)c4ccccc4)cc23)C1)NOC/C1=C/CCCC=C=C1. The zero-order chi connectivity index (χ0) is 41.5. The number of unbranched alkanes of at least 4 members (excludes halogenated alkanes) is 3. The smallest absolute Gasteiger partial charge is 0.333 e. The number of carbonyl (C=O) groups excluding carboxylic acids is 4. The van der Waals surface area contributed by atoms with Crippen LogP contribution in [0, 0.1) is 0 Å². The molecule has 12 nitrogen and oxygen atoms in total. The predicted octanol–water partition coefficient (Wildman–Crippen LogP) is 7.59. The Balaban J connectivity index is 0.00000180. The zero-order valence-electron chi connectivity index (χ0n) is 34.6. The third-order valence-corrected chi connectivity index (χ3v) is 10.2. The number of amides is 3. The summed E-state index contributed by atoms with van der Waals surface area (Å²) in [4.78, 5) is 62.1. The van der Waals surface area contributed by atoms with Crippen molar-refractivity contribution in [1.82, 2.24) is 20.7 Å². The Labute approximate surface area is 343 Å². The monoisotopic (exact) mass is 797 g/mol. The third-order valence-electron chi connectivity index (χ3n) is 10.2. The van der Waals surface area contributed by atoms with E-state index in [1.54, 1.807) is 12.1 Å². The normalized spacial score (nSPS) is 16.2. The van der Waals surface area contributed by atoms with E-state index in [0.717, 1.165) is 98.4 Å². The van der Waals surface area contributed by atoms with Gasteiger partial charge in [-0.1, -0.05) is 63.1 Å². The number of hydrogen-bond acceptors (Lipinski definition) is 8. The van der Waals surface area contributed by atoms with Crippen LogP contribution in [0.1, 0.15) is 120 Å². The Morgan fingerprint density at radius 3 is 2.47 bits per heavy atom. The van der Waals surface area contributed by atoms with Crippen molar-refractivity contribution in [3.63, 3.8) is 0 Å². The van der Waals surface area contributed by atoms with Crippen molar-refractivity contribution in [3.8, 4) is 5.75 Å². The van der Waals surface area contributed by atoms with Crippen molar-refractivity contribution in [2.24, 2.45) is 5.73 Å². The van der Waals surface area contributed by atoms with E-state index in [1.807, 2.05) is 67.3 Å². The Morgan fingerprint density at radius 1 is 0.931 bits per heavy atom. The van der Waals surface area contributed by atoms with Crippen molar-refractivity contribution in [1.29, 1.82) is 0 Å². The molecule has 2 aromatic carbocycles. The number of esters is 1. The molecule has 0 spiro atoms. The van der Waals surface area contributed by atoms with E-state index in [4.69, 9.17) is 14.3 Å². The van der Waals surface area contributed by atoms with Gasteiger partial charge in [0.1, 0.15) is 18.5 Å². The Bertz CT molecular complexity index is 1860. The highest BCUT2D eigenvalue weighted by molar-refractivity contribution is 5.88. The van der Waals surface area contributed by atoms with E-state index >= 15 is 0 Å². The molecule has 58 heavy (non-hydrogen) atoms. The Hall–Kier alpha value is -5.16. The van der Waals surface area contributed by atoms with E-state index < -0.39 is 17.9 Å². The van der Waals surface area contributed by atoms with E-state index in [0.29, 0.717) is 50.3 Å². The number of H-pyrrole nitrogens is 1. The van der Waals surface area contributed by atoms with Gasteiger partial charge in [-0.2, -0.15) is 0 Å². The first kappa shape index (κ1) is 45.5. The number of fused-ring (bicyclic) bond motifs is 3. The number of ether oxygens (including phenoxy) is 2. The Kier molecular flexibility index (Phi) is 19.8. The van der Waals surface area contributed by atoms with Crippen LogP contribution in [-0.4, -0.2) is 66.5 Å². The lowest BCUT2D eigenvalue weighted by Crippen LogP contribution is -2.38. The zero-order valence-corrected chi connectivity index (χ0v) is 34.6. The fraction of sp³-hybridized carbons (Fsp3) is 0.500. The van der Waals surface area contributed by atoms with Crippen LogP contribution < -0.4 is 21.3 Å². The maximum atomic E-state index is 13.1. The number of hydrogen-bond donors (Lipinski definition) is 4. The van der Waals surface area contributed by atoms with Gasteiger partial charge in [0, 0.05) is 36.0 Å². The molecule has 0 radical (unpaired) electrons. The molecule has 3 amide bonds. The summed E-state index contributed by atoms with van der Waals surface area (Å²) in [6.45, 7) is 5.23. The minimum atomic E-state index is -0.911. The fourth-order valence-corrected chi connectivity index (χ4v) is 7.28. The fourth-order valence-electron chi connectivity index (χ4n) is 7.28. The van der Waals surface area contributed by atoms with Crippen LogP contribution in [0.15, 0.2) is 78.1 Å². The summed E-state index contributed by atoms with van der Waals surface area (Å²) in [5, 5.41) is 3.83. The number of hydroxylamine groups is 1. The molecule has 12 heteroatoms. The molecule has 6 rings (SSSR count). The number of rotatable bonds is 17. The standard InChI is InChI=1S/C43H52N4O7.C2H6.CH5N/c48-39(46-53-29-31-15-7-2-1-3-8-16-31)21-11-4-5-12-22-41(50)47-26-25-35-36-27-34(23-24-37(36)44-38(35)28-47)52-30-40(49)45-42(32-17-9-6-10-18-32)43(51)54-33-19-13-14-20-33;2*1-2/h2,6,9-10,15-18,23-24,27,33,42,44H,1,3-5,8,11-14,19-22,25-26,28-30H2,(H,45,49)(H,46,48);1-2H3;2H2,1H3/b31-16+;;/t7?,42-;;/m0../s1. The van der Waals surface area contributed by atoms with Crippen LogP contribution in [0.5, 0.6) is 5.75 Å². The van der Waals surface area contributed by atoms with Gasteiger partial charge in [0.15, 0.2) is 12.6 Å². The molecule has 3 aliphatic rings. The van der Waals surface area contributed by atoms with Gasteiger partial charge >= 0.3 is 5.97 Å². The molecular weight excluding hydrogens is 735 g/mol. The van der Waals surface area contributed by atoms with Crippen LogP contribution in [0.2, 0.25) is 0 Å². The molecule has 1 aliphatic heterocycles. The van der Waals surface area contributed by atoms with Crippen LogP contribution in [-0.2, 0) is 41.7 Å². The van der Waals surface area contributed by atoms with Crippen LogP contribution in [0.25, 0.3) is 10.9 Å². The molecule has 1 fully saturated rings. The summed E-state index contributed by atoms with van der Waals surface area (Å²) >= 11 is 0. The van der Waals surface area contributed by atoms with Crippen LogP contribution >= 0.6 is 0 Å². The number of benzene rings is 2. The average molecular weight is 798 g/mol. The largest absolute Gasteiger partial charge is 0.484 e. The maximum absolute atomic E-state index is 13.1. The minimum absolute atomic E-state index is 0.106. The highest BCUT2D eigenvalue weighted by Crippen LogP contribution is 2.31. The summed E-state index contributed by atoms with van der Waals surface area (Å²) < 4.78 is 11.6. The predicted molar refractivity (Wildman–Crippen MR) is 226 cm³/mol. The summed E-state index contributed by atoms with van der Waals surface area (Å²) in [5.41, 5.74) is 15.0. The van der Waals surface area contributed by atoms with Gasteiger partial charge < -0.3 is 30.4 Å². The first-order valence-corrected chi connectivity index (χ1v) is 21.1. The number of carbonyl (C=O) groups is 4. The molecule has 1 aromatic heterocycles. The molecule has 2 aliphatic carbocycles. The number of aromatic amines is 1. The maximum Gasteiger partial charge on any atom is 0.333 e. The second kappa shape index (κ2) is 25.3. The third kappa shape index (κ3) is 14.3. The molecule has 0 saturated heterocycles. The molecule has 2 heterocycles. The summed E-state index contributed by atoms with van der Waals surface area (Å²) in [6.07, 6.45) is 17.7. The number of nitrogens with one attached hydrogen (secondary N) is 3. The van der Waals surface area contributed by atoms with Gasteiger partial charge in [-0.3, -0.25) is 19.2 Å². The molecule has 5 N–H and O–H groups in total. The van der Waals surface area contributed by atoms with E-state index in [1.165, 1.54) is 7.05 Å². The summed E-state index contributed by atoms with van der Waals surface area (Å²) in [5.74, 6) is -0.325. The van der Waals surface area contributed by atoms with Crippen LogP contribution in [0.4, 0.5) is 0 Å². The first-order valence-electron chi connectivity index (χ1n) is 21.1. The topological polar surface area (TPSA) is 165 Å². The average Bonchev–Trinajstić information content (AvgIpc) is 3.90. The molecule has 1 atom stereocenters. The number of allylic oxidation sites excluding steroid dienone is 1. The number of nitrogens with zero attached hydrogens (tertiary/aromatic N) is 1. The second-order valence-electron chi connectivity index (χ2n) is 14.4. The van der Waals surface area contributed by atoms with E-state index in [9.17, 15) is 19.2 Å². The van der Waals surface area contributed by atoms with Gasteiger partial charge in [-0.15, -0.1) is 5.73 Å². The highest BCUT2D eigenvalue weighted by Gasteiger charge is 2.29. The Morgan fingerprint density at radius 2 is 1.69 bits per heavy atom. The number of nitrogens with two attached hydrogens (primary N) is 1. The van der Waals surface area contributed by atoms with Crippen molar-refractivity contribution in [2.45, 2.75) is 122 Å². The highest BCUT2D eigenvalue weighted by atomic mass is 16.6. The lowest BCUT2D eigenvalue weighted by atomic mass is 10.0. The second-order valence-corrected chi connectivity index (χ2v) is 14.4. The van der Waals surface area contributed by atoms with Crippen molar-refractivity contribution >= 4 is 34.6 Å². The van der Waals surface area contributed by atoms with Crippen molar-refractivity contribution < 1.29 is 33.5 Å². The molecule has 0 unspecified atom stereocenters. The minimum Gasteiger partial charge on any atom is -0.484 e. The molecular formula is C46H63N5O7.